The van der Waals surface area contributed by atoms with Crippen LogP contribution >= 0.6 is 11.6 Å². The monoisotopic (exact) mass is 228 g/mol. The van der Waals surface area contributed by atoms with Crippen molar-refractivity contribution >= 4 is 11.6 Å². The lowest BCUT2D eigenvalue weighted by atomic mass is 9.91. The van der Waals surface area contributed by atoms with Gasteiger partial charge in [0.15, 0.2) is 0 Å². The van der Waals surface area contributed by atoms with E-state index in [9.17, 15) is 0 Å². The van der Waals surface area contributed by atoms with Gasteiger partial charge in [-0.2, -0.15) is 0 Å². The van der Waals surface area contributed by atoms with Crippen molar-refractivity contribution in [1.82, 2.24) is 0 Å². The smallest absolute Gasteiger partial charge is 0.0914 e. The molecule has 0 aromatic heterocycles. The van der Waals surface area contributed by atoms with E-state index in [1.54, 1.807) is 7.11 Å². The fraction of sp³-hybridized carbons (Fsp3) is 0.500. The Morgan fingerprint density at radius 1 is 1.40 bits per heavy atom. The van der Waals surface area contributed by atoms with Gasteiger partial charge in [-0.25, -0.2) is 0 Å². The highest BCUT2D eigenvalue weighted by Crippen LogP contribution is 2.34. The SMILES string of the molecule is COC(C)(CCCO)c1ccccc1Cl. The highest BCUT2D eigenvalue weighted by atomic mass is 35.5. The van der Waals surface area contributed by atoms with Gasteiger partial charge in [0.2, 0.25) is 0 Å². The summed E-state index contributed by atoms with van der Waals surface area (Å²) in [4.78, 5) is 0. The van der Waals surface area contributed by atoms with E-state index in [0.717, 1.165) is 12.0 Å². The molecule has 1 atom stereocenters. The van der Waals surface area contributed by atoms with E-state index in [1.165, 1.54) is 0 Å². The second kappa shape index (κ2) is 5.50. The van der Waals surface area contributed by atoms with Gasteiger partial charge in [0.1, 0.15) is 0 Å². The zero-order valence-corrected chi connectivity index (χ0v) is 9.92. The fourth-order valence-corrected chi connectivity index (χ4v) is 1.99. The summed E-state index contributed by atoms with van der Waals surface area (Å²) in [5.41, 5.74) is 0.559. The molecule has 15 heavy (non-hydrogen) atoms. The van der Waals surface area contributed by atoms with Gasteiger partial charge in [-0.15, -0.1) is 0 Å². The summed E-state index contributed by atoms with van der Waals surface area (Å²) in [5, 5.41) is 9.56. The Morgan fingerprint density at radius 3 is 2.60 bits per heavy atom. The molecule has 0 heterocycles. The van der Waals surface area contributed by atoms with E-state index in [-0.39, 0.29) is 6.61 Å². The fourth-order valence-electron chi connectivity index (χ4n) is 1.65. The number of hydrogen-bond donors (Lipinski definition) is 1. The van der Waals surface area contributed by atoms with Gasteiger partial charge in [0, 0.05) is 24.3 Å². The van der Waals surface area contributed by atoms with Crippen molar-refractivity contribution in [3.8, 4) is 0 Å². The second-order valence-corrected chi connectivity index (χ2v) is 4.15. The van der Waals surface area contributed by atoms with E-state index in [4.69, 9.17) is 21.4 Å². The molecular weight excluding hydrogens is 212 g/mol. The summed E-state index contributed by atoms with van der Waals surface area (Å²) >= 11 is 6.12. The van der Waals surface area contributed by atoms with Gasteiger partial charge < -0.3 is 9.84 Å². The van der Waals surface area contributed by atoms with Crippen molar-refractivity contribution < 1.29 is 9.84 Å². The number of methoxy groups -OCH3 is 1. The molecule has 0 aliphatic rings. The zero-order valence-electron chi connectivity index (χ0n) is 9.16. The van der Waals surface area contributed by atoms with Gasteiger partial charge in [-0.1, -0.05) is 29.8 Å². The minimum atomic E-state index is -0.416. The first-order chi connectivity index (χ1) is 7.14. The Hall–Kier alpha value is -0.570. The first-order valence-electron chi connectivity index (χ1n) is 5.05. The second-order valence-electron chi connectivity index (χ2n) is 3.74. The Labute approximate surface area is 95.8 Å². The number of hydrogen-bond acceptors (Lipinski definition) is 2. The third kappa shape index (κ3) is 2.94. The number of aliphatic hydroxyl groups is 1. The van der Waals surface area contributed by atoms with Crippen LogP contribution in [0.4, 0.5) is 0 Å². The largest absolute Gasteiger partial charge is 0.396 e. The minimum Gasteiger partial charge on any atom is -0.396 e. The van der Waals surface area contributed by atoms with Crippen LogP contribution < -0.4 is 0 Å². The van der Waals surface area contributed by atoms with Crippen LogP contribution in [0.2, 0.25) is 5.02 Å². The predicted octanol–water partition coefficient (Wildman–Crippen LogP) is 2.97. The maximum Gasteiger partial charge on any atom is 0.0914 e. The summed E-state index contributed by atoms with van der Waals surface area (Å²) in [7, 11) is 1.67. The van der Waals surface area contributed by atoms with Gasteiger partial charge in [-0.05, 0) is 25.8 Å². The maximum atomic E-state index is 8.85. The molecule has 0 saturated heterocycles. The molecule has 0 fully saturated rings. The first-order valence-corrected chi connectivity index (χ1v) is 5.43. The van der Waals surface area contributed by atoms with E-state index >= 15 is 0 Å². The summed E-state index contributed by atoms with van der Waals surface area (Å²) in [5.74, 6) is 0. The lowest BCUT2D eigenvalue weighted by Crippen LogP contribution is -2.25. The maximum absolute atomic E-state index is 8.85. The quantitative estimate of drug-likeness (QED) is 0.840. The Bertz CT molecular complexity index is 314. The Morgan fingerprint density at radius 2 is 2.07 bits per heavy atom. The average molecular weight is 229 g/mol. The molecule has 0 aliphatic heterocycles. The Balaban J connectivity index is 2.95. The van der Waals surface area contributed by atoms with Gasteiger partial charge in [-0.3, -0.25) is 0 Å². The van der Waals surface area contributed by atoms with E-state index in [1.807, 2.05) is 31.2 Å². The number of ether oxygens (including phenoxy) is 1. The third-order valence-corrected chi connectivity index (χ3v) is 3.04. The minimum absolute atomic E-state index is 0.170. The van der Waals surface area contributed by atoms with Gasteiger partial charge in [0.05, 0.1) is 5.60 Å². The van der Waals surface area contributed by atoms with E-state index in [2.05, 4.69) is 0 Å². The molecule has 0 saturated carbocycles. The molecule has 1 rings (SSSR count). The summed E-state index contributed by atoms with van der Waals surface area (Å²) in [6.45, 7) is 2.16. The number of rotatable bonds is 5. The predicted molar refractivity (Wildman–Crippen MR) is 62.1 cm³/mol. The van der Waals surface area contributed by atoms with Crippen LogP contribution in [0.3, 0.4) is 0 Å². The molecule has 3 heteroatoms. The van der Waals surface area contributed by atoms with Crippen molar-refractivity contribution in [1.29, 1.82) is 0 Å². The van der Waals surface area contributed by atoms with Crippen molar-refractivity contribution in [3.05, 3.63) is 34.9 Å². The van der Waals surface area contributed by atoms with E-state index < -0.39 is 5.60 Å². The normalized spacial score (nSPS) is 14.9. The van der Waals surface area contributed by atoms with E-state index in [0.29, 0.717) is 11.4 Å². The summed E-state index contributed by atoms with van der Waals surface area (Å²) < 4.78 is 5.51. The van der Waals surface area contributed by atoms with Crippen LogP contribution in [0.1, 0.15) is 25.3 Å². The first kappa shape index (κ1) is 12.5. The van der Waals surface area contributed by atoms with Crippen LogP contribution in [0.15, 0.2) is 24.3 Å². The van der Waals surface area contributed by atoms with Crippen molar-refractivity contribution in [2.75, 3.05) is 13.7 Å². The zero-order chi connectivity index (χ0) is 11.3. The molecule has 0 spiro atoms. The molecule has 84 valence electrons. The molecule has 0 aliphatic carbocycles. The van der Waals surface area contributed by atoms with Crippen LogP contribution in [0, 0.1) is 0 Å². The molecule has 0 bridgehead atoms. The van der Waals surface area contributed by atoms with Gasteiger partial charge in [0.25, 0.3) is 0 Å². The molecule has 1 N–H and O–H groups in total. The molecular formula is C12H17ClO2. The standard InChI is InChI=1S/C12H17ClO2/c1-12(15-2,8-5-9-14)10-6-3-4-7-11(10)13/h3-4,6-7,14H,5,8-9H2,1-2H3. The highest BCUT2D eigenvalue weighted by Gasteiger charge is 2.27. The lowest BCUT2D eigenvalue weighted by Gasteiger charge is -2.29. The van der Waals surface area contributed by atoms with Crippen molar-refractivity contribution in [2.45, 2.75) is 25.4 Å². The number of halogens is 1. The van der Waals surface area contributed by atoms with Crippen LogP contribution in [-0.2, 0) is 10.3 Å². The number of aliphatic hydroxyl groups excluding tert-OH is 1. The lowest BCUT2D eigenvalue weighted by molar-refractivity contribution is -0.0101. The van der Waals surface area contributed by atoms with Crippen LogP contribution in [0.5, 0.6) is 0 Å². The topological polar surface area (TPSA) is 29.5 Å². The van der Waals surface area contributed by atoms with Crippen molar-refractivity contribution in [2.24, 2.45) is 0 Å². The molecule has 0 radical (unpaired) electrons. The highest BCUT2D eigenvalue weighted by molar-refractivity contribution is 6.31. The van der Waals surface area contributed by atoms with Gasteiger partial charge >= 0.3 is 0 Å². The molecule has 1 unspecified atom stereocenters. The molecule has 2 nitrogen and oxygen atoms in total. The molecule has 1 aromatic carbocycles. The summed E-state index contributed by atoms with van der Waals surface area (Å²) in [6.07, 6.45) is 1.46. The Kier molecular flexibility index (Phi) is 4.58. The van der Waals surface area contributed by atoms with Crippen molar-refractivity contribution in [3.63, 3.8) is 0 Å². The number of benzene rings is 1. The third-order valence-electron chi connectivity index (χ3n) is 2.71. The summed E-state index contributed by atoms with van der Waals surface area (Å²) in [6, 6.07) is 7.65. The van der Waals surface area contributed by atoms with Crippen LogP contribution in [-0.4, -0.2) is 18.8 Å². The van der Waals surface area contributed by atoms with Crippen LogP contribution in [0.25, 0.3) is 0 Å². The average Bonchev–Trinajstić information content (AvgIpc) is 2.26. The molecule has 1 aromatic rings. The molecule has 0 amide bonds.